The Morgan fingerprint density at radius 1 is 1.42 bits per heavy atom. The number of thiocarbonyl (C=S) groups is 1. The van der Waals surface area contributed by atoms with E-state index in [2.05, 4.69) is 10.6 Å². The van der Waals surface area contributed by atoms with Crippen LogP contribution in [0.3, 0.4) is 0 Å². The van der Waals surface area contributed by atoms with Crippen LogP contribution in [0.1, 0.15) is 18.5 Å². The number of phenols is 1. The van der Waals surface area contributed by atoms with Gasteiger partial charge in [-0.25, -0.2) is 4.79 Å². The standard InChI is InChI=1S/C13H14N2O3S/c1-7-10(12(17)18-2)11(15-13(19)14-7)8-5-3-4-6-9(8)16/h3-6,11,16H,1-2H3,(H2,14,15,19). The van der Waals surface area contributed by atoms with Gasteiger partial charge in [-0.15, -0.1) is 0 Å². The van der Waals surface area contributed by atoms with Gasteiger partial charge in [0.15, 0.2) is 5.11 Å². The van der Waals surface area contributed by atoms with Crippen molar-refractivity contribution in [3.8, 4) is 5.75 Å². The molecule has 0 radical (unpaired) electrons. The maximum absolute atomic E-state index is 11.9. The lowest BCUT2D eigenvalue weighted by atomic mass is 9.95. The topological polar surface area (TPSA) is 70.6 Å². The highest BCUT2D eigenvalue weighted by molar-refractivity contribution is 7.80. The van der Waals surface area contributed by atoms with Crippen LogP contribution in [-0.4, -0.2) is 23.3 Å². The number of aromatic hydroxyl groups is 1. The molecule has 0 aromatic heterocycles. The Hall–Kier alpha value is -2.08. The van der Waals surface area contributed by atoms with Gasteiger partial charge in [-0.2, -0.15) is 0 Å². The molecule has 1 aliphatic heterocycles. The molecule has 1 heterocycles. The number of allylic oxidation sites excluding steroid dienone is 1. The van der Waals surface area contributed by atoms with Crippen molar-refractivity contribution in [2.75, 3.05) is 7.11 Å². The lowest BCUT2D eigenvalue weighted by molar-refractivity contribution is -0.136. The molecule has 1 atom stereocenters. The number of hydrogen-bond acceptors (Lipinski definition) is 4. The fraction of sp³-hybridized carbons (Fsp3) is 0.231. The van der Waals surface area contributed by atoms with E-state index in [1.54, 1.807) is 31.2 Å². The van der Waals surface area contributed by atoms with Gasteiger partial charge in [0.2, 0.25) is 0 Å². The number of carbonyl (C=O) groups is 1. The summed E-state index contributed by atoms with van der Waals surface area (Å²) in [7, 11) is 1.32. The zero-order valence-corrected chi connectivity index (χ0v) is 11.4. The fourth-order valence-corrected chi connectivity index (χ4v) is 2.31. The molecule has 0 saturated carbocycles. The van der Waals surface area contributed by atoms with Crippen LogP contribution in [0.15, 0.2) is 35.5 Å². The Labute approximate surface area is 116 Å². The van der Waals surface area contributed by atoms with Crippen LogP contribution < -0.4 is 10.6 Å². The quantitative estimate of drug-likeness (QED) is 0.560. The summed E-state index contributed by atoms with van der Waals surface area (Å²) in [5.41, 5.74) is 1.59. The van der Waals surface area contributed by atoms with Crippen molar-refractivity contribution >= 4 is 23.3 Å². The number of ether oxygens (including phenoxy) is 1. The molecule has 1 aromatic carbocycles. The van der Waals surface area contributed by atoms with E-state index in [0.29, 0.717) is 21.9 Å². The normalized spacial score (nSPS) is 18.6. The van der Waals surface area contributed by atoms with Crippen LogP contribution in [0.4, 0.5) is 0 Å². The van der Waals surface area contributed by atoms with Gasteiger partial charge in [-0.1, -0.05) is 18.2 Å². The van der Waals surface area contributed by atoms with Gasteiger partial charge in [-0.3, -0.25) is 0 Å². The zero-order valence-electron chi connectivity index (χ0n) is 10.6. The molecule has 2 rings (SSSR count). The fourth-order valence-electron chi connectivity index (χ4n) is 2.04. The number of esters is 1. The van der Waals surface area contributed by atoms with E-state index in [1.807, 2.05) is 0 Å². The van der Waals surface area contributed by atoms with E-state index in [9.17, 15) is 9.90 Å². The Morgan fingerprint density at radius 2 is 2.11 bits per heavy atom. The van der Waals surface area contributed by atoms with Crippen molar-refractivity contribution < 1.29 is 14.6 Å². The molecule has 1 aliphatic rings. The van der Waals surface area contributed by atoms with Crippen molar-refractivity contribution in [3.63, 3.8) is 0 Å². The van der Waals surface area contributed by atoms with E-state index in [1.165, 1.54) is 7.11 Å². The molecule has 0 saturated heterocycles. The molecule has 5 nitrogen and oxygen atoms in total. The van der Waals surface area contributed by atoms with E-state index in [0.717, 1.165) is 0 Å². The number of phenolic OH excluding ortho intramolecular Hbond substituents is 1. The SMILES string of the molecule is COC(=O)C1=C(C)NC(=S)NC1c1ccccc1O. The number of nitrogens with one attached hydrogen (secondary N) is 2. The molecule has 6 heteroatoms. The molecule has 100 valence electrons. The van der Waals surface area contributed by atoms with E-state index < -0.39 is 12.0 Å². The highest BCUT2D eigenvalue weighted by atomic mass is 32.1. The van der Waals surface area contributed by atoms with Gasteiger partial charge < -0.3 is 20.5 Å². The minimum atomic E-state index is -0.526. The molecule has 0 fully saturated rings. The number of rotatable bonds is 2. The van der Waals surface area contributed by atoms with E-state index >= 15 is 0 Å². The Balaban J connectivity index is 2.53. The predicted octanol–water partition coefficient (Wildman–Crippen LogP) is 1.36. The summed E-state index contributed by atoms with van der Waals surface area (Å²) in [5.74, 6) is -0.368. The first-order valence-electron chi connectivity index (χ1n) is 5.69. The number of hydrogen-bond donors (Lipinski definition) is 3. The Bertz CT molecular complexity index is 569. The molecule has 0 amide bonds. The maximum Gasteiger partial charge on any atom is 0.337 e. The second-order valence-electron chi connectivity index (χ2n) is 4.12. The summed E-state index contributed by atoms with van der Waals surface area (Å²) in [5, 5.41) is 16.2. The Kier molecular flexibility index (Phi) is 3.71. The molecule has 0 aliphatic carbocycles. The van der Waals surface area contributed by atoms with Crippen LogP contribution in [0.25, 0.3) is 0 Å². The van der Waals surface area contributed by atoms with Crippen LogP contribution in [-0.2, 0) is 9.53 Å². The monoisotopic (exact) mass is 278 g/mol. The summed E-state index contributed by atoms with van der Waals surface area (Å²) in [4.78, 5) is 11.9. The molecule has 19 heavy (non-hydrogen) atoms. The molecule has 0 bridgehead atoms. The van der Waals surface area contributed by atoms with Crippen LogP contribution >= 0.6 is 12.2 Å². The molecular weight excluding hydrogens is 264 g/mol. The summed E-state index contributed by atoms with van der Waals surface area (Å²) < 4.78 is 4.79. The summed E-state index contributed by atoms with van der Waals surface area (Å²) in [6.07, 6.45) is 0. The smallest absolute Gasteiger partial charge is 0.337 e. The minimum Gasteiger partial charge on any atom is -0.508 e. The van der Waals surface area contributed by atoms with Crippen molar-refractivity contribution in [1.29, 1.82) is 0 Å². The first-order chi connectivity index (χ1) is 9.04. The second kappa shape index (κ2) is 5.27. The third-order valence-electron chi connectivity index (χ3n) is 2.92. The van der Waals surface area contributed by atoms with Crippen molar-refractivity contribution in [1.82, 2.24) is 10.6 Å². The van der Waals surface area contributed by atoms with Crippen LogP contribution in [0.2, 0.25) is 0 Å². The first-order valence-corrected chi connectivity index (χ1v) is 6.10. The predicted molar refractivity (Wildman–Crippen MR) is 74.4 cm³/mol. The van der Waals surface area contributed by atoms with Crippen molar-refractivity contribution in [2.24, 2.45) is 0 Å². The number of methoxy groups -OCH3 is 1. The zero-order chi connectivity index (χ0) is 14.0. The Morgan fingerprint density at radius 3 is 2.74 bits per heavy atom. The van der Waals surface area contributed by atoms with Crippen LogP contribution in [0, 0.1) is 0 Å². The average Bonchev–Trinajstić information content (AvgIpc) is 2.37. The largest absolute Gasteiger partial charge is 0.508 e. The van der Waals surface area contributed by atoms with Gasteiger partial charge in [0.1, 0.15) is 5.75 Å². The molecular formula is C13H14N2O3S. The summed E-state index contributed by atoms with van der Waals surface area (Å²) >= 11 is 5.09. The third kappa shape index (κ3) is 2.53. The summed E-state index contributed by atoms with van der Waals surface area (Å²) in [6.45, 7) is 1.74. The molecule has 1 unspecified atom stereocenters. The highest BCUT2D eigenvalue weighted by Gasteiger charge is 2.31. The maximum atomic E-state index is 11.9. The van der Waals surface area contributed by atoms with E-state index in [4.69, 9.17) is 17.0 Å². The van der Waals surface area contributed by atoms with Gasteiger partial charge in [0.05, 0.1) is 18.7 Å². The van der Waals surface area contributed by atoms with Crippen molar-refractivity contribution in [3.05, 3.63) is 41.1 Å². The first kappa shape index (κ1) is 13.4. The van der Waals surface area contributed by atoms with E-state index in [-0.39, 0.29) is 5.75 Å². The minimum absolute atomic E-state index is 0.0962. The van der Waals surface area contributed by atoms with Crippen molar-refractivity contribution in [2.45, 2.75) is 13.0 Å². The number of benzene rings is 1. The lowest BCUT2D eigenvalue weighted by Gasteiger charge is -2.29. The van der Waals surface area contributed by atoms with Gasteiger partial charge in [0, 0.05) is 11.3 Å². The average molecular weight is 278 g/mol. The van der Waals surface area contributed by atoms with Gasteiger partial charge >= 0.3 is 5.97 Å². The molecule has 0 spiro atoms. The molecule has 1 aromatic rings. The highest BCUT2D eigenvalue weighted by Crippen LogP contribution is 2.32. The third-order valence-corrected chi connectivity index (χ3v) is 3.14. The lowest BCUT2D eigenvalue weighted by Crippen LogP contribution is -2.45. The van der Waals surface area contributed by atoms with Crippen LogP contribution in [0.5, 0.6) is 5.75 Å². The van der Waals surface area contributed by atoms with Gasteiger partial charge in [0.25, 0.3) is 0 Å². The number of carbonyl (C=O) groups excluding carboxylic acids is 1. The summed E-state index contributed by atoms with van der Waals surface area (Å²) in [6, 6.07) is 6.27. The molecule has 3 N–H and O–H groups in total. The second-order valence-corrected chi connectivity index (χ2v) is 4.53. The van der Waals surface area contributed by atoms with Gasteiger partial charge in [-0.05, 0) is 25.2 Å². The number of para-hydroxylation sites is 1.